The maximum atomic E-state index is 12.2. The van der Waals surface area contributed by atoms with Crippen molar-refractivity contribution in [2.45, 2.75) is 13.5 Å². The van der Waals surface area contributed by atoms with Gasteiger partial charge in [-0.25, -0.2) is 4.98 Å². The number of aryl methyl sites for hydroxylation is 1. The third kappa shape index (κ3) is 5.09. The van der Waals surface area contributed by atoms with Crippen LogP contribution in [0.15, 0.2) is 78.9 Å². The number of rotatable bonds is 6. The van der Waals surface area contributed by atoms with Crippen LogP contribution in [0.5, 0.6) is 5.75 Å². The Hall–Kier alpha value is -3.44. The topological polar surface area (TPSA) is 51.2 Å². The van der Waals surface area contributed by atoms with Gasteiger partial charge in [0.25, 0.3) is 0 Å². The lowest BCUT2D eigenvalue weighted by atomic mass is 10.2. The van der Waals surface area contributed by atoms with E-state index in [0.29, 0.717) is 11.7 Å². The third-order valence-electron chi connectivity index (χ3n) is 4.33. The summed E-state index contributed by atoms with van der Waals surface area (Å²) in [6, 6.07) is 23.7. The second kappa shape index (κ2) is 8.71. The van der Waals surface area contributed by atoms with Crippen LogP contribution in [0.3, 0.4) is 0 Å². The van der Waals surface area contributed by atoms with Crippen LogP contribution < -0.4 is 10.1 Å². The van der Waals surface area contributed by atoms with E-state index in [0.717, 1.165) is 27.1 Å². The van der Waals surface area contributed by atoms with Crippen molar-refractivity contribution in [3.8, 4) is 5.75 Å². The quantitative estimate of drug-likeness (QED) is 0.414. The maximum Gasteiger partial charge on any atom is 0.250 e. The molecule has 0 fully saturated rings. The van der Waals surface area contributed by atoms with Crippen LogP contribution in [0.2, 0.25) is 0 Å². The van der Waals surface area contributed by atoms with Crippen LogP contribution in [-0.2, 0) is 11.4 Å². The summed E-state index contributed by atoms with van der Waals surface area (Å²) in [5, 5.41) is 3.43. The fraction of sp³-hybridized carbons (Fsp3) is 0.0833. The molecule has 0 unspecified atom stereocenters. The smallest absolute Gasteiger partial charge is 0.250 e. The average Bonchev–Trinajstić information content (AvgIpc) is 3.13. The monoisotopic (exact) mass is 400 g/mol. The van der Waals surface area contributed by atoms with Gasteiger partial charge in [-0.1, -0.05) is 59.9 Å². The Kier molecular flexibility index (Phi) is 5.68. The Labute approximate surface area is 173 Å². The second-order valence-electron chi connectivity index (χ2n) is 6.66. The molecular formula is C24H20N2O2S. The molecule has 4 nitrogen and oxygen atoms in total. The number of amides is 1. The molecule has 0 saturated carbocycles. The van der Waals surface area contributed by atoms with Crippen molar-refractivity contribution in [3.63, 3.8) is 0 Å². The molecule has 0 aliphatic carbocycles. The van der Waals surface area contributed by atoms with Gasteiger partial charge >= 0.3 is 0 Å². The summed E-state index contributed by atoms with van der Waals surface area (Å²) in [5.74, 6) is 0.588. The Morgan fingerprint density at radius 1 is 1.07 bits per heavy atom. The molecule has 1 amide bonds. The number of carbonyl (C=O) groups excluding carboxylic acids is 1. The molecule has 0 atom stereocenters. The summed E-state index contributed by atoms with van der Waals surface area (Å²) in [6.45, 7) is 2.57. The summed E-state index contributed by atoms with van der Waals surface area (Å²) in [6.07, 6.45) is 3.28. The first-order valence-corrected chi connectivity index (χ1v) is 10.1. The zero-order valence-corrected chi connectivity index (χ0v) is 16.8. The molecule has 0 bridgehead atoms. The van der Waals surface area contributed by atoms with Crippen molar-refractivity contribution in [1.82, 2.24) is 4.98 Å². The SMILES string of the molecule is Cc1ccc2nc(NC(=O)/C=C/c3ccc(OCc4ccccc4)cc3)sc2c1. The van der Waals surface area contributed by atoms with Crippen LogP contribution in [0, 0.1) is 6.92 Å². The van der Waals surface area contributed by atoms with Gasteiger partial charge in [-0.2, -0.15) is 0 Å². The minimum absolute atomic E-state index is 0.204. The number of benzene rings is 3. The molecule has 0 radical (unpaired) electrons. The van der Waals surface area contributed by atoms with Crippen LogP contribution >= 0.6 is 11.3 Å². The van der Waals surface area contributed by atoms with E-state index in [1.54, 1.807) is 6.08 Å². The normalized spacial score (nSPS) is 11.1. The van der Waals surface area contributed by atoms with E-state index >= 15 is 0 Å². The van der Waals surface area contributed by atoms with E-state index in [1.807, 2.05) is 73.7 Å². The number of thiazole rings is 1. The van der Waals surface area contributed by atoms with Crippen molar-refractivity contribution in [2.75, 3.05) is 5.32 Å². The molecular weight excluding hydrogens is 380 g/mol. The number of anilines is 1. The van der Waals surface area contributed by atoms with Gasteiger partial charge in [0.1, 0.15) is 12.4 Å². The molecule has 29 heavy (non-hydrogen) atoms. The minimum atomic E-state index is -0.204. The molecule has 0 aliphatic rings. The number of fused-ring (bicyclic) bond motifs is 1. The van der Waals surface area contributed by atoms with Crippen molar-refractivity contribution >= 4 is 38.7 Å². The molecule has 3 aromatic carbocycles. The Balaban J connectivity index is 1.33. The number of carbonyl (C=O) groups is 1. The molecule has 4 rings (SSSR count). The van der Waals surface area contributed by atoms with Crippen LogP contribution in [0.25, 0.3) is 16.3 Å². The molecule has 1 aromatic heterocycles. The lowest BCUT2D eigenvalue weighted by molar-refractivity contribution is -0.111. The maximum absolute atomic E-state index is 12.2. The molecule has 1 N–H and O–H groups in total. The van der Waals surface area contributed by atoms with Gasteiger partial charge in [-0.3, -0.25) is 10.1 Å². The van der Waals surface area contributed by atoms with Gasteiger partial charge in [0.05, 0.1) is 10.2 Å². The highest BCUT2D eigenvalue weighted by Gasteiger charge is 2.06. The molecule has 5 heteroatoms. The summed E-state index contributed by atoms with van der Waals surface area (Å²) in [4.78, 5) is 16.6. The van der Waals surface area contributed by atoms with Gasteiger partial charge in [0.15, 0.2) is 5.13 Å². The van der Waals surface area contributed by atoms with E-state index in [1.165, 1.54) is 23.0 Å². The predicted octanol–water partition coefficient (Wildman–Crippen LogP) is 5.84. The standard InChI is InChI=1S/C24H20N2O2S/c1-17-7-13-21-22(15-17)29-24(25-21)26-23(27)14-10-18-8-11-20(12-9-18)28-16-19-5-3-2-4-6-19/h2-15H,16H2,1H3,(H,25,26,27)/b14-10+. The summed E-state index contributed by atoms with van der Waals surface area (Å²) >= 11 is 1.47. The minimum Gasteiger partial charge on any atom is -0.489 e. The fourth-order valence-electron chi connectivity index (χ4n) is 2.82. The molecule has 4 aromatic rings. The van der Waals surface area contributed by atoms with E-state index in [9.17, 15) is 4.79 Å². The lowest BCUT2D eigenvalue weighted by Gasteiger charge is -2.06. The van der Waals surface area contributed by atoms with E-state index in [4.69, 9.17) is 4.74 Å². The molecule has 0 spiro atoms. The predicted molar refractivity (Wildman–Crippen MR) is 119 cm³/mol. The first-order chi connectivity index (χ1) is 14.2. The highest BCUT2D eigenvalue weighted by Crippen LogP contribution is 2.26. The zero-order valence-electron chi connectivity index (χ0n) is 16.0. The Morgan fingerprint density at radius 2 is 1.86 bits per heavy atom. The molecule has 1 heterocycles. The zero-order chi connectivity index (χ0) is 20.1. The van der Waals surface area contributed by atoms with Crippen molar-refractivity contribution < 1.29 is 9.53 Å². The largest absolute Gasteiger partial charge is 0.489 e. The Morgan fingerprint density at radius 3 is 2.66 bits per heavy atom. The first kappa shape index (κ1) is 18.9. The summed E-state index contributed by atoms with van der Waals surface area (Å²) in [7, 11) is 0. The summed E-state index contributed by atoms with van der Waals surface area (Å²) < 4.78 is 6.84. The van der Waals surface area contributed by atoms with Crippen LogP contribution in [0.1, 0.15) is 16.7 Å². The summed E-state index contributed by atoms with van der Waals surface area (Å²) in [5.41, 5.74) is 4.12. The number of ether oxygens (including phenoxy) is 1. The average molecular weight is 401 g/mol. The highest BCUT2D eigenvalue weighted by molar-refractivity contribution is 7.22. The van der Waals surface area contributed by atoms with Crippen LogP contribution in [-0.4, -0.2) is 10.9 Å². The van der Waals surface area contributed by atoms with Crippen molar-refractivity contribution in [1.29, 1.82) is 0 Å². The molecule has 0 saturated heterocycles. The number of hydrogen-bond acceptors (Lipinski definition) is 4. The van der Waals surface area contributed by atoms with Crippen LogP contribution in [0.4, 0.5) is 5.13 Å². The first-order valence-electron chi connectivity index (χ1n) is 9.29. The van der Waals surface area contributed by atoms with E-state index in [-0.39, 0.29) is 5.91 Å². The van der Waals surface area contributed by atoms with Gasteiger partial charge < -0.3 is 4.74 Å². The van der Waals surface area contributed by atoms with E-state index < -0.39 is 0 Å². The molecule has 0 aliphatic heterocycles. The lowest BCUT2D eigenvalue weighted by Crippen LogP contribution is -2.07. The number of nitrogens with one attached hydrogen (secondary N) is 1. The van der Waals surface area contributed by atoms with Gasteiger partial charge in [-0.05, 0) is 54.0 Å². The Bertz CT molecular complexity index is 1150. The second-order valence-corrected chi connectivity index (χ2v) is 7.69. The van der Waals surface area contributed by atoms with Gasteiger partial charge in [-0.15, -0.1) is 0 Å². The highest BCUT2D eigenvalue weighted by atomic mass is 32.1. The fourth-order valence-corrected chi connectivity index (χ4v) is 3.79. The third-order valence-corrected chi connectivity index (χ3v) is 5.26. The van der Waals surface area contributed by atoms with Crippen molar-refractivity contribution in [2.24, 2.45) is 0 Å². The van der Waals surface area contributed by atoms with Crippen molar-refractivity contribution in [3.05, 3.63) is 95.6 Å². The van der Waals surface area contributed by atoms with Gasteiger partial charge in [0, 0.05) is 6.08 Å². The van der Waals surface area contributed by atoms with E-state index in [2.05, 4.69) is 16.4 Å². The number of aromatic nitrogens is 1. The number of hydrogen-bond donors (Lipinski definition) is 1. The van der Waals surface area contributed by atoms with Gasteiger partial charge in [0.2, 0.25) is 5.91 Å². The molecule has 144 valence electrons. The number of nitrogens with zero attached hydrogens (tertiary/aromatic N) is 1.